The molecule has 3 heterocycles. The maximum absolute atomic E-state index is 6.34. The summed E-state index contributed by atoms with van der Waals surface area (Å²) in [4.78, 5) is 6.83. The summed E-state index contributed by atoms with van der Waals surface area (Å²) in [7, 11) is 0. The molecule has 5 heteroatoms. The van der Waals surface area contributed by atoms with E-state index in [2.05, 4.69) is 15.0 Å². The van der Waals surface area contributed by atoms with Gasteiger partial charge in [-0.05, 0) is 24.8 Å². The lowest BCUT2D eigenvalue weighted by Gasteiger charge is -2.48. The van der Waals surface area contributed by atoms with E-state index in [1.54, 1.807) is 10.7 Å². The highest BCUT2D eigenvalue weighted by molar-refractivity contribution is 5.50. The van der Waals surface area contributed by atoms with Crippen molar-refractivity contribution in [2.75, 3.05) is 18.0 Å². The van der Waals surface area contributed by atoms with Gasteiger partial charge in [0.2, 0.25) is 0 Å². The van der Waals surface area contributed by atoms with Gasteiger partial charge in [0.05, 0.1) is 11.7 Å². The zero-order valence-electron chi connectivity index (χ0n) is 9.58. The number of anilines is 1. The molecule has 17 heavy (non-hydrogen) atoms. The first-order valence-electron chi connectivity index (χ1n) is 6.09. The molecule has 4 rings (SSSR count). The Labute approximate surface area is 99.2 Å². The van der Waals surface area contributed by atoms with Crippen LogP contribution in [0.5, 0.6) is 0 Å². The van der Waals surface area contributed by atoms with Crippen molar-refractivity contribution < 1.29 is 0 Å². The van der Waals surface area contributed by atoms with Gasteiger partial charge in [0.25, 0.3) is 0 Å². The van der Waals surface area contributed by atoms with Crippen LogP contribution in [-0.4, -0.2) is 33.2 Å². The Morgan fingerprint density at radius 3 is 2.88 bits per heavy atom. The lowest BCUT2D eigenvalue weighted by molar-refractivity contribution is 0.289. The molecule has 2 fully saturated rings. The van der Waals surface area contributed by atoms with Gasteiger partial charge in [0.1, 0.15) is 5.82 Å². The normalized spacial score (nSPS) is 22.8. The van der Waals surface area contributed by atoms with E-state index in [1.165, 1.54) is 12.8 Å². The minimum Gasteiger partial charge on any atom is -0.353 e. The fourth-order valence-electron chi connectivity index (χ4n) is 2.72. The fourth-order valence-corrected chi connectivity index (χ4v) is 2.72. The largest absolute Gasteiger partial charge is 0.353 e. The number of aromatic nitrogens is 3. The van der Waals surface area contributed by atoms with Crippen LogP contribution in [0.3, 0.4) is 0 Å². The van der Waals surface area contributed by atoms with Crippen molar-refractivity contribution in [2.45, 2.75) is 18.4 Å². The van der Waals surface area contributed by atoms with Crippen LogP contribution in [0.15, 0.2) is 24.5 Å². The summed E-state index contributed by atoms with van der Waals surface area (Å²) in [5, 5.41) is 4.14. The maximum Gasteiger partial charge on any atom is 0.157 e. The standard InChI is InChI=1S/C12H15N5/c13-12(9-1-2-9)7-16(8-12)10-4-6-17-11(15-10)3-5-14-17/h3-6,9H,1-2,7-8,13H2. The molecule has 1 aliphatic carbocycles. The van der Waals surface area contributed by atoms with Crippen molar-refractivity contribution in [3.63, 3.8) is 0 Å². The first-order valence-corrected chi connectivity index (χ1v) is 6.09. The van der Waals surface area contributed by atoms with E-state index < -0.39 is 0 Å². The van der Waals surface area contributed by atoms with Crippen molar-refractivity contribution in [1.82, 2.24) is 14.6 Å². The van der Waals surface area contributed by atoms with E-state index in [9.17, 15) is 0 Å². The summed E-state index contributed by atoms with van der Waals surface area (Å²) in [6.45, 7) is 1.88. The Morgan fingerprint density at radius 1 is 1.29 bits per heavy atom. The van der Waals surface area contributed by atoms with E-state index in [1.807, 2.05) is 18.3 Å². The van der Waals surface area contributed by atoms with Gasteiger partial charge in [-0.15, -0.1) is 0 Å². The minimum absolute atomic E-state index is 0.0497. The van der Waals surface area contributed by atoms with Gasteiger partial charge in [0, 0.05) is 25.4 Å². The Hall–Kier alpha value is -1.62. The SMILES string of the molecule is NC1(C2CC2)CN(c2ccn3nccc3n2)C1. The molecule has 1 saturated carbocycles. The molecule has 2 N–H and O–H groups in total. The molecular weight excluding hydrogens is 214 g/mol. The van der Waals surface area contributed by atoms with Gasteiger partial charge >= 0.3 is 0 Å². The first-order chi connectivity index (χ1) is 8.24. The number of rotatable bonds is 2. The highest BCUT2D eigenvalue weighted by Gasteiger charge is 2.50. The predicted molar refractivity (Wildman–Crippen MR) is 64.8 cm³/mol. The van der Waals surface area contributed by atoms with Gasteiger partial charge in [-0.25, -0.2) is 9.50 Å². The lowest BCUT2D eigenvalue weighted by atomic mass is 9.86. The zero-order valence-corrected chi connectivity index (χ0v) is 9.58. The molecule has 0 atom stereocenters. The van der Waals surface area contributed by atoms with Crippen molar-refractivity contribution in [3.05, 3.63) is 24.5 Å². The highest BCUT2D eigenvalue weighted by atomic mass is 15.3. The molecule has 0 radical (unpaired) electrons. The number of hydrogen-bond acceptors (Lipinski definition) is 4. The van der Waals surface area contributed by atoms with E-state index in [0.29, 0.717) is 0 Å². The highest BCUT2D eigenvalue weighted by Crippen LogP contribution is 2.43. The van der Waals surface area contributed by atoms with E-state index in [0.717, 1.165) is 30.5 Å². The fraction of sp³-hybridized carbons (Fsp3) is 0.500. The van der Waals surface area contributed by atoms with Gasteiger partial charge in [-0.1, -0.05) is 0 Å². The molecule has 2 aromatic rings. The third-order valence-electron chi connectivity index (χ3n) is 3.93. The average molecular weight is 229 g/mol. The number of fused-ring (bicyclic) bond motifs is 1. The molecule has 5 nitrogen and oxygen atoms in total. The third kappa shape index (κ3) is 1.35. The Kier molecular flexibility index (Phi) is 1.65. The molecule has 2 aliphatic rings. The van der Waals surface area contributed by atoms with Gasteiger partial charge < -0.3 is 10.6 Å². The summed E-state index contributed by atoms with van der Waals surface area (Å²) >= 11 is 0. The summed E-state index contributed by atoms with van der Waals surface area (Å²) in [6.07, 6.45) is 6.32. The minimum atomic E-state index is 0.0497. The van der Waals surface area contributed by atoms with E-state index >= 15 is 0 Å². The molecule has 0 amide bonds. The van der Waals surface area contributed by atoms with Gasteiger partial charge in [-0.3, -0.25) is 0 Å². The van der Waals surface area contributed by atoms with Crippen LogP contribution in [-0.2, 0) is 0 Å². The topological polar surface area (TPSA) is 59.5 Å². The van der Waals surface area contributed by atoms with Gasteiger partial charge in [-0.2, -0.15) is 5.10 Å². The van der Waals surface area contributed by atoms with Crippen LogP contribution in [0, 0.1) is 5.92 Å². The lowest BCUT2D eigenvalue weighted by Crippen LogP contribution is -2.69. The monoisotopic (exact) mass is 229 g/mol. The number of nitrogens with zero attached hydrogens (tertiary/aromatic N) is 4. The number of hydrogen-bond donors (Lipinski definition) is 1. The first kappa shape index (κ1) is 9.41. The average Bonchev–Trinajstić information content (AvgIpc) is 3.03. The molecule has 1 saturated heterocycles. The van der Waals surface area contributed by atoms with Crippen LogP contribution in [0.4, 0.5) is 5.82 Å². The molecule has 0 spiro atoms. The summed E-state index contributed by atoms with van der Waals surface area (Å²) in [6, 6.07) is 3.92. The second-order valence-electron chi connectivity index (χ2n) is 5.28. The summed E-state index contributed by atoms with van der Waals surface area (Å²) < 4.78 is 1.78. The van der Waals surface area contributed by atoms with Crippen LogP contribution >= 0.6 is 0 Å². The molecule has 1 aliphatic heterocycles. The number of nitrogens with two attached hydrogens (primary N) is 1. The van der Waals surface area contributed by atoms with Crippen LogP contribution in [0.1, 0.15) is 12.8 Å². The molecule has 0 bridgehead atoms. The Bertz CT molecular complexity index is 565. The van der Waals surface area contributed by atoms with Crippen LogP contribution in [0.2, 0.25) is 0 Å². The zero-order chi connectivity index (χ0) is 11.5. The Morgan fingerprint density at radius 2 is 2.12 bits per heavy atom. The third-order valence-corrected chi connectivity index (χ3v) is 3.93. The molecule has 0 unspecified atom stereocenters. The van der Waals surface area contributed by atoms with Crippen molar-refractivity contribution in [3.8, 4) is 0 Å². The van der Waals surface area contributed by atoms with Crippen LogP contribution in [0.25, 0.3) is 5.65 Å². The smallest absolute Gasteiger partial charge is 0.157 e. The van der Waals surface area contributed by atoms with Crippen molar-refractivity contribution in [2.24, 2.45) is 11.7 Å². The second kappa shape index (κ2) is 2.98. The Balaban J connectivity index is 1.59. The molecule has 88 valence electrons. The quantitative estimate of drug-likeness (QED) is 0.821. The van der Waals surface area contributed by atoms with Gasteiger partial charge in [0.15, 0.2) is 5.65 Å². The van der Waals surface area contributed by atoms with E-state index in [-0.39, 0.29) is 5.54 Å². The van der Waals surface area contributed by atoms with E-state index in [4.69, 9.17) is 5.73 Å². The van der Waals surface area contributed by atoms with Crippen molar-refractivity contribution >= 4 is 11.5 Å². The predicted octanol–water partition coefficient (Wildman–Crippen LogP) is 0.657. The van der Waals surface area contributed by atoms with Crippen molar-refractivity contribution in [1.29, 1.82) is 0 Å². The molecule has 2 aromatic heterocycles. The maximum atomic E-state index is 6.34. The molecular formula is C12H15N5. The second-order valence-corrected chi connectivity index (χ2v) is 5.28. The summed E-state index contributed by atoms with van der Waals surface area (Å²) in [5.74, 6) is 1.76. The van der Waals surface area contributed by atoms with Crippen LogP contribution < -0.4 is 10.6 Å². The summed E-state index contributed by atoms with van der Waals surface area (Å²) in [5.41, 5.74) is 7.28. The molecule has 0 aromatic carbocycles.